The topological polar surface area (TPSA) is 99.8 Å². The van der Waals surface area contributed by atoms with E-state index in [9.17, 15) is 15.2 Å². The minimum atomic E-state index is -0.777. The van der Waals surface area contributed by atoms with Crippen LogP contribution in [0.5, 0.6) is 0 Å². The molecule has 0 aromatic carbocycles. The van der Waals surface area contributed by atoms with Gasteiger partial charge in [-0.15, -0.1) is 0 Å². The largest absolute Gasteiger partial charge is 0.481 e. The van der Waals surface area contributed by atoms with Gasteiger partial charge in [0.05, 0.1) is 31.3 Å². The summed E-state index contributed by atoms with van der Waals surface area (Å²) in [6, 6.07) is 2.41. The van der Waals surface area contributed by atoms with Gasteiger partial charge in [0.15, 0.2) is 5.79 Å². The molecule has 6 nitrogen and oxygen atoms in total. The van der Waals surface area contributed by atoms with Crippen molar-refractivity contribution in [1.82, 2.24) is 0 Å². The van der Waals surface area contributed by atoms with Crippen LogP contribution in [0.4, 0.5) is 0 Å². The zero-order valence-electron chi connectivity index (χ0n) is 17.5. The van der Waals surface area contributed by atoms with Gasteiger partial charge in [-0.1, -0.05) is 50.5 Å². The van der Waals surface area contributed by atoms with Crippen LogP contribution in [0.2, 0.25) is 0 Å². The molecule has 4 atom stereocenters. The fraction of sp³-hybridized carbons (Fsp3) is 0.739. The van der Waals surface area contributed by atoms with E-state index in [4.69, 9.17) is 14.6 Å². The third-order valence-corrected chi connectivity index (χ3v) is 5.92. The lowest BCUT2D eigenvalue weighted by Gasteiger charge is -2.30. The summed E-state index contributed by atoms with van der Waals surface area (Å²) in [6.45, 7) is 3.21. The maximum Gasteiger partial charge on any atom is 0.303 e. The molecule has 0 radical (unpaired) electrons. The molecule has 1 saturated carbocycles. The number of rotatable bonds is 12. The maximum absolute atomic E-state index is 10.6. The minimum absolute atomic E-state index is 0.00413. The van der Waals surface area contributed by atoms with Crippen molar-refractivity contribution in [3.63, 3.8) is 0 Å². The Morgan fingerprint density at radius 1 is 1.28 bits per heavy atom. The quantitative estimate of drug-likeness (QED) is 0.373. The molecule has 1 heterocycles. The molecule has 1 aliphatic carbocycles. The van der Waals surface area contributed by atoms with Crippen molar-refractivity contribution in [1.29, 1.82) is 5.26 Å². The Hall–Kier alpha value is -1.68. The number of allylic oxidation sites excluding steroid dienone is 3. The molecule has 2 fully saturated rings. The number of carbonyl (C=O) groups is 1. The van der Waals surface area contributed by atoms with E-state index in [2.05, 4.69) is 19.1 Å². The summed E-state index contributed by atoms with van der Waals surface area (Å²) in [6.07, 6.45) is 14.1. The Labute approximate surface area is 174 Å². The highest BCUT2D eigenvalue weighted by Gasteiger charge is 2.56. The van der Waals surface area contributed by atoms with Crippen molar-refractivity contribution < 1.29 is 24.5 Å². The molecule has 1 spiro atoms. The van der Waals surface area contributed by atoms with Gasteiger partial charge in [-0.2, -0.15) is 5.26 Å². The number of aliphatic hydroxyl groups excluding tert-OH is 1. The summed E-state index contributed by atoms with van der Waals surface area (Å²) in [5.41, 5.74) is 0. The average molecular weight is 406 g/mol. The monoisotopic (exact) mass is 405 g/mol. The highest BCUT2D eigenvalue weighted by Crippen LogP contribution is 2.51. The van der Waals surface area contributed by atoms with Crippen LogP contribution in [-0.4, -0.2) is 41.3 Å². The number of aliphatic hydroxyl groups is 1. The molecule has 0 unspecified atom stereocenters. The summed E-state index contributed by atoms with van der Waals surface area (Å²) in [7, 11) is 0. The van der Waals surface area contributed by atoms with Crippen LogP contribution in [-0.2, 0) is 14.3 Å². The number of unbranched alkanes of at least 4 members (excludes halogenated alkanes) is 3. The molecule has 6 heteroatoms. The van der Waals surface area contributed by atoms with E-state index >= 15 is 0 Å². The predicted molar refractivity (Wildman–Crippen MR) is 110 cm³/mol. The minimum Gasteiger partial charge on any atom is -0.481 e. The van der Waals surface area contributed by atoms with E-state index in [1.54, 1.807) is 0 Å². The first-order chi connectivity index (χ1) is 14.0. The number of aliphatic carboxylic acids is 1. The van der Waals surface area contributed by atoms with Gasteiger partial charge in [-0.25, -0.2) is 0 Å². The summed E-state index contributed by atoms with van der Waals surface area (Å²) >= 11 is 0. The van der Waals surface area contributed by atoms with Crippen molar-refractivity contribution in [2.45, 2.75) is 76.6 Å². The normalized spacial score (nSPS) is 27.1. The lowest BCUT2D eigenvalue weighted by atomic mass is 9.85. The van der Waals surface area contributed by atoms with E-state index in [1.165, 1.54) is 0 Å². The standard InChI is InChI=1S/C23H35NO5/c1-2-3-6-9-19(25)12-13-20-18(17-24)16-23(28-14-15-29-23)21(20)10-7-4-5-8-11-22(26)27/h4,7,12-13,18-21,25H,2-3,5-6,8-11,14-16H2,1H3,(H,26,27)/t18-,19+,20-,21+/m1/s1. The van der Waals surface area contributed by atoms with Crippen LogP contribution in [0, 0.1) is 29.1 Å². The first kappa shape index (κ1) is 23.6. The van der Waals surface area contributed by atoms with E-state index in [0.717, 1.165) is 25.7 Å². The van der Waals surface area contributed by atoms with Gasteiger partial charge in [0.2, 0.25) is 0 Å². The number of nitrogens with zero attached hydrogens (tertiary/aromatic N) is 1. The van der Waals surface area contributed by atoms with Crippen LogP contribution in [0.15, 0.2) is 24.3 Å². The molecule has 1 aliphatic heterocycles. The highest BCUT2D eigenvalue weighted by molar-refractivity contribution is 5.66. The second-order valence-corrected chi connectivity index (χ2v) is 8.07. The average Bonchev–Trinajstić information content (AvgIpc) is 3.28. The number of hydrogen-bond acceptors (Lipinski definition) is 5. The lowest BCUT2D eigenvalue weighted by Crippen LogP contribution is -2.36. The second-order valence-electron chi connectivity index (χ2n) is 8.07. The zero-order valence-corrected chi connectivity index (χ0v) is 17.5. The molecular weight excluding hydrogens is 370 g/mol. The summed E-state index contributed by atoms with van der Waals surface area (Å²) in [5, 5.41) is 28.7. The summed E-state index contributed by atoms with van der Waals surface area (Å²) in [4.78, 5) is 10.6. The number of nitriles is 1. The number of ether oxygens (including phenoxy) is 2. The van der Waals surface area contributed by atoms with Crippen molar-refractivity contribution in [2.24, 2.45) is 17.8 Å². The smallest absolute Gasteiger partial charge is 0.303 e. The van der Waals surface area contributed by atoms with Gasteiger partial charge in [-0.3, -0.25) is 4.79 Å². The van der Waals surface area contributed by atoms with E-state index < -0.39 is 17.9 Å². The molecule has 2 aliphatic rings. The van der Waals surface area contributed by atoms with Crippen molar-refractivity contribution in [2.75, 3.05) is 13.2 Å². The zero-order chi connectivity index (χ0) is 21.1. The molecule has 0 aromatic rings. The number of carboxylic acid groups (broad SMARTS) is 1. The Kier molecular flexibility index (Phi) is 9.86. The molecule has 0 amide bonds. The third kappa shape index (κ3) is 6.95. The van der Waals surface area contributed by atoms with Gasteiger partial charge < -0.3 is 19.7 Å². The Morgan fingerprint density at radius 3 is 2.69 bits per heavy atom. The van der Waals surface area contributed by atoms with Gasteiger partial charge in [0.1, 0.15) is 0 Å². The van der Waals surface area contributed by atoms with Gasteiger partial charge in [-0.05, 0) is 25.7 Å². The van der Waals surface area contributed by atoms with Crippen LogP contribution in [0.3, 0.4) is 0 Å². The van der Waals surface area contributed by atoms with Gasteiger partial charge >= 0.3 is 5.97 Å². The lowest BCUT2D eigenvalue weighted by molar-refractivity contribution is -0.184. The number of hydrogen-bond donors (Lipinski definition) is 2. The third-order valence-electron chi connectivity index (χ3n) is 5.92. The summed E-state index contributed by atoms with van der Waals surface area (Å²) < 4.78 is 12.0. The fourth-order valence-electron chi connectivity index (χ4n) is 4.39. The fourth-order valence-corrected chi connectivity index (χ4v) is 4.39. The molecule has 1 saturated heterocycles. The van der Waals surface area contributed by atoms with E-state index in [0.29, 0.717) is 38.9 Å². The van der Waals surface area contributed by atoms with Crippen LogP contribution in [0.25, 0.3) is 0 Å². The van der Waals surface area contributed by atoms with Gasteiger partial charge in [0.25, 0.3) is 0 Å². The highest BCUT2D eigenvalue weighted by atomic mass is 16.7. The van der Waals surface area contributed by atoms with Crippen LogP contribution in [0.1, 0.15) is 64.7 Å². The van der Waals surface area contributed by atoms with E-state index in [-0.39, 0.29) is 24.2 Å². The number of carboxylic acids is 1. The van der Waals surface area contributed by atoms with Crippen molar-refractivity contribution in [3.8, 4) is 6.07 Å². The van der Waals surface area contributed by atoms with Crippen LogP contribution >= 0.6 is 0 Å². The van der Waals surface area contributed by atoms with Crippen LogP contribution < -0.4 is 0 Å². The Morgan fingerprint density at radius 2 is 2.03 bits per heavy atom. The predicted octanol–water partition coefficient (Wildman–Crippen LogP) is 4.20. The molecule has 2 N–H and O–H groups in total. The summed E-state index contributed by atoms with van der Waals surface area (Å²) in [5.74, 6) is -1.75. The van der Waals surface area contributed by atoms with E-state index in [1.807, 2.05) is 18.2 Å². The Balaban J connectivity index is 2.03. The SMILES string of the molecule is CCCCC[C@H](O)C=C[C@@H]1[C@@H](C#N)CC2(OCCO2)[C@H]1CC=CCCCC(=O)O. The molecule has 0 bridgehead atoms. The van der Waals surface area contributed by atoms with Crippen molar-refractivity contribution >= 4 is 5.97 Å². The molecule has 2 rings (SSSR count). The maximum atomic E-state index is 10.6. The Bertz CT molecular complexity index is 603. The first-order valence-electron chi connectivity index (χ1n) is 10.9. The van der Waals surface area contributed by atoms with Gasteiger partial charge in [0, 0.05) is 24.7 Å². The van der Waals surface area contributed by atoms with Crippen molar-refractivity contribution in [3.05, 3.63) is 24.3 Å². The molecule has 0 aromatic heterocycles. The molecule has 29 heavy (non-hydrogen) atoms. The first-order valence-corrected chi connectivity index (χ1v) is 10.9. The molecular formula is C23H35NO5. The molecule has 162 valence electrons. The second kappa shape index (κ2) is 12.1.